The summed E-state index contributed by atoms with van der Waals surface area (Å²) in [6.07, 6.45) is 0.955. The Morgan fingerprint density at radius 3 is 2.90 bits per heavy atom. The minimum Gasteiger partial charge on any atom is -0.373 e. The maximum Gasteiger partial charge on any atom is 0.161 e. The van der Waals surface area contributed by atoms with Crippen molar-refractivity contribution in [2.45, 2.75) is 33.3 Å². The average Bonchev–Trinajstić information content (AvgIpc) is 2.46. The summed E-state index contributed by atoms with van der Waals surface area (Å²) < 4.78 is 5.86. The molecule has 0 bridgehead atoms. The summed E-state index contributed by atoms with van der Waals surface area (Å²) in [5.74, 6) is 2.27. The van der Waals surface area contributed by atoms with Crippen LogP contribution in [0.25, 0.3) is 0 Å². The van der Waals surface area contributed by atoms with Gasteiger partial charge in [0.05, 0.1) is 6.61 Å². The molecule has 1 aromatic rings. The minimum absolute atomic E-state index is 0.0112. The van der Waals surface area contributed by atoms with Gasteiger partial charge in [-0.05, 0) is 18.9 Å². The fourth-order valence-electron chi connectivity index (χ4n) is 2.46. The Hall–Kier alpha value is -1.20. The molecule has 0 amide bonds. The molecule has 0 saturated carbocycles. The van der Waals surface area contributed by atoms with E-state index in [9.17, 15) is 0 Å². The Balaban J connectivity index is 2.20. The second-order valence-electron chi connectivity index (χ2n) is 5.70. The zero-order valence-corrected chi connectivity index (χ0v) is 13.0. The number of nitrogens with zero attached hydrogens (tertiary/aromatic N) is 3. The van der Waals surface area contributed by atoms with E-state index in [0.29, 0.717) is 5.92 Å². The lowest BCUT2D eigenvalue weighted by Crippen LogP contribution is -2.38. The van der Waals surface area contributed by atoms with E-state index in [2.05, 4.69) is 36.0 Å². The SMILES string of the molecule is CCN1CCOC(c2nc(CC(C)C)cc(NC)n2)C1. The van der Waals surface area contributed by atoms with E-state index < -0.39 is 0 Å². The first-order valence-corrected chi connectivity index (χ1v) is 7.52. The Bertz CT molecular complexity index is 436. The maximum absolute atomic E-state index is 5.86. The zero-order chi connectivity index (χ0) is 14.5. The van der Waals surface area contributed by atoms with Gasteiger partial charge in [-0.3, -0.25) is 4.90 Å². The molecule has 20 heavy (non-hydrogen) atoms. The predicted molar refractivity (Wildman–Crippen MR) is 80.9 cm³/mol. The number of hydrogen-bond acceptors (Lipinski definition) is 5. The lowest BCUT2D eigenvalue weighted by Gasteiger charge is -2.31. The molecule has 1 aliphatic heterocycles. The standard InChI is InChI=1S/C15H26N4O/c1-5-19-6-7-20-13(10-19)15-17-12(8-11(2)3)9-14(16-4)18-15/h9,11,13H,5-8,10H2,1-4H3,(H,16,17,18). The van der Waals surface area contributed by atoms with E-state index in [-0.39, 0.29) is 6.10 Å². The van der Waals surface area contributed by atoms with Crippen molar-refractivity contribution in [1.29, 1.82) is 0 Å². The van der Waals surface area contributed by atoms with Crippen molar-refractivity contribution in [3.63, 3.8) is 0 Å². The summed E-state index contributed by atoms with van der Waals surface area (Å²) in [4.78, 5) is 11.7. The van der Waals surface area contributed by atoms with Gasteiger partial charge in [0, 0.05) is 31.9 Å². The van der Waals surface area contributed by atoms with Crippen molar-refractivity contribution in [2.75, 3.05) is 38.6 Å². The van der Waals surface area contributed by atoms with Gasteiger partial charge in [-0.1, -0.05) is 20.8 Å². The molecule has 1 unspecified atom stereocenters. The quantitative estimate of drug-likeness (QED) is 0.894. The fourth-order valence-corrected chi connectivity index (χ4v) is 2.46. The van der Waals surface area contributed by atoms with Crippen LogP contribution < -0.4 is 5.32 Å². The third kappa shape index (κ3) is 3.90. The Morgan fingerprint density at radius 1 is 1.45 bits per heavy atom. The van der Waals surface area contributed by atoms with E-state index in [1.807, 2.05) is 13.1 Å². The lowest BCUT2D eigenvalue weighted by molar-refractivity contribution is -0.0326. The number of morpholine rings is 1. The summed E-state index contributed by atoms with van der Waals surface area (Å²) in [5.41, 5.74) is 1.09. The van der Waals surface area contributed by atoms with Gasteiger partial charge in [-0.2, -0.15) is 0 Å². The van der Waals surface area contributed by atoms with Crippen molar-refractivity contribution in [1.82, 2.24) is 14.9 Å². The van der Waals surface area contributed by atoms with Gasteiger partial charge in [0.15, 0.2) is 5.82 Å². The lowest BCUT2D eigenvalue weighted by atomic mass is 10.1. The van der Waals surface area contributed by atoms with Crippen molar-refractivity contribution >= 4 is 5.82 Å². The molecule has 1 aromatic heterocycles. The first-order valence-electron chi connectivity index (χ1n) is 7.52. The summed E-state index contributed by atoms with van der Waals surface area (Å²) in [7, 11) is 1.89. The van der Waals surface area contributed by atoms with Crippen LogP contribution in [0.3, 0.4) is 0 Å². The molecule has 0 aliphatic carbocycles. The third-order valence-electron chi connectivity index (χ3n) is 3.56. The Morgan fingerprint density at radius 2 is 2.25 bits per heavy atom. The molecule has 0 spiro atoms. The summed E-state index contributed by atoms with van der Waals surface area (Å²) >= 11 is 0. The predicted octanol–water partition coefficient (Wildman–Crippen LogP) is 2.11. The normalized spacial score (nSPS) is 20.4. The van der Waals surface area contributed by atoms with E-state index in [1.165, 1.54) is 0 Å². The molecule has 0 radical (unpaired) electrons. The van der Waals surface area contributed by atoms with Gasteiger partial charge in [-0.25, -0.2) is 9.97 Å². The molecule has 1 N–H and O–H groups in total. The van der Waals surface area contributed by atoms with Crippen molar-refractivity contribution in [2.24, 2.45) is 5.92 Å². The van der Waals surface area contributed by atoms with Gasteiger partial charge in [0.1, 0.15) is 11.9 Å². The average molecular weight is 278 g/mol. The van der Waals surface area contributed by atoms with Gasteiger partial charge >= 0.3 is 0 Å². The Kier molecular flexibility index (Phi) is 5.31. The number of likely N-dealkylation sites (N-methyl/N-ethyl adjacent to an activating group) is 1. The van der Waals surface area contributed by atoms with Crippen LogP contribution in [0.15, 0.2) is 6.07 Å². The minimum atomic E-state index is -0.0112. The molecule has 1 atom stereocenters. The fraction of sp³-hybridized carbons (Fsp3) is 0.733. The van der Waals surface area contributed by atoms with Gasteiger partial charge in [0.25, 0.3) is 0 Å². The summed E-state index contributed by atoms with van der Waals surface area (Å²) in [5, 5.41) is 3.13. The number of rotatable bonds is 5. The van der Waals surface area contributed by atoms with Crippen LogP contribution in [0.5, 0.6) is 0 Å². The van der Waals surface area contributed by atoms with E-state index in [0.717, 1.165) is 50.0 Å². The molecule has 5 heteroatoms. The number of ether oxygens (including phenoxy) is 1. The van der Waals surface area contributed by atoms with Crippen molar-refractivity contribution in [3.8, 4) is 0 Å². The number of hydrogen-bond donors (Lipinski definition) is 1. The van der Waals surface area contributed by atoms with E-state index in [4.69, 9.17) is 9.72 Å². The molecule has 1 saturated heterocycles. The van der Waals surface area contributed by atoms with Crippen LogP contribution in [0.4, 0.5) is 5.82 Å². The highest BCUT2D eigenvalue weighted by Gasteiger charge is 2.24. The van der Waals surface area contributed by atoms with Crippen molar-refractivity contribution in [3.05, 3.63) is 17.6 Å². The number of nitrogens with one attached hydrogen (secondary N) is 1. The molecular weight excluding hydrogens is 252 g/mol. The third-order valence-corrected chi connectivity index (χ3v) is 3.56. The van der Waals surface area contributed by atoms with Crippen LogP contribution >= 0.6 is 0 Å². The van der Waals surface area contributed by atoms with Crippen LogP contribution in [-0.4, -0.2) is 48.2 Å². The zero-order valence-electron chi connectivity index (χ0n) is 13.0. The molecule has 2 heterocycles. The molecule has 2 rings (SSSR count). The maximum atomic E-state index is 5.86. The highest BCUT2D eigenvalue weighted by molar-refractivity contribution is 5.35. The molecule has 5 nitrogen and oxygen atoms in total. The van der Waals surface area contributed by atoms with Crippen LogP contribution in [0.1, 0.15) is 38.4 Å². The largest absolute Gasteiger partial charge is 0.373 e. The molecular formula is C15H26N4O. The van der Waals surface area contributed by atoms with Gasteiger partial charge in [-0.15, -0.1) is 0 Å². The number of aromatic nitrogens is 2. The van der Waals surface area contributed by atoms with E-state index in [1.54, 1.807) is 0 Å². The summed E-state index contributed by atoms with van der Waals surface area (Å²) in [6, 6.07) is 2.03. The second kappa shape index (κ2) is 6.99. The first-order chi connectivity index (χ1) is 9.62. The van der Waals surface area contributed by atoms with Crippen LogP contribution in [-0.2, 0) is 11.2 Å². The van der Waals surface area contributed by atoms with Crippen molar-refractivity contribution < 1.29 is 4.74 Å². The second-order valence-corrected chi connectivity index (χ2v) is 5.70. The van der Waals surface area contributed by atoms with Crippen LogP contribution in [0, 0.1) is 5.92 Å². The molecule has 1 fully saturated rings. The summed E-state index contributed by atoms with van der Waals surface area (Å²) in [6.45, 7) is 10.3. The first kappa shape index (κ1) is 15.2. The molecule has 0 aromatic carbocycles. The molecule has 112 valence electrons. The van der Waals surface area contributed by atoms with Gasteiger partial charge in [0.2, 0.25) is 0 Å². The highest BCUT2D eigenvalue weighted by atomic mass is 16.5. The Labute approximate surface area is 121 Å². The van der Waals surface area contributed by atoms with Crippen LogP contribution in [0.2, 0.25) is 0 Å². The smallest absolute Gasteiger partial charge is 0.161 e. The number of anilines is 1. The van der Waals surface area contributed by atoms with E-state index >= 15 is 0 Å². The molecule has 1 aliphatic rings. The monoisotopic (exact) mass is 278 g/mol. The highest BCUT2D eigenvalue weighted by Crippen LogP contribution is 2.21. The topological polar surface area (TPSA) is 50.3 Å². The van der Waals surface area contributed by atoms with Gasteiger partial charge < -0.3 is 10.1 Å².